The fourth-order valence-corrected chi connectivity index (χ4v) is 2.93. The van der Waals surface area contributed by atoms with E-state index in [1.54, 1.807) is 11.3 Å². The van der Waals surface area contributed by atoms with Gasteiger partial charge >= 0.3 is 0 Å². The van der Waals surface area contributed by atoms with Crippen LogP contribution >= 0.6 is 11.3 Å². The summed E-state index contributed by atoms with van der Waals surface area (Å²) < 4.78 is 1.21. The van der Waals surface area contributed by atoms with Crippen LogP contribution in [0.4, 0.5) is 0 Å². The molecule has 0 saturated carbocycles. The Bertz CT molecular complexity index is 503. The van der Waals surface area contributed by atoms with Crippen LogP contribution in [0.25, 0.3) is 10.2 Å². The van der Waals surface area contributed by atoms with Crippen molar-refractivity contribution >= 4 is 27.5 Å². The molecule has 0 radical (unpaired) electrons. The van der Waals surface area contributed by atoms with Crippen molar-refractivity contribution < 1.29 is 4.79 Å². The third-order valence-corrected chi connectivity index (χ3v) is 4.10. The van der Waals surface area contributed by atoms with Crippen molar-refractivity contribution in [2.75, 3.05) is 6.54 Å². The molecule has 0 aliphatic carbocycles. The fourth-order valence-electron chi connectivity index (χ4n) is 1.96. The van der Waals surface area contributed by atoms with Crippen molar-refractivity contribution in [2.45, 2.75) is 39.0 Å². The lowest BCUT2D eigenvalue weighted by Gasteiger charge is -2.03. The maximum absolute atomic E-state index is 11.6. The molecule has 1 aromatic heterocycles. The third kappa shape index (κ3) is 4.31. The number of benzene rings is 1. The van der Waals surface area contributed by atoms with E-state index in [1.165, 1.54) is 4.70 Å². The number of fused-ring (bicyclic) bond motifs is 1. The van der Waals surface area contributed by atoms with E-state index in [0.29, 0.717) is 13.0 Å². The van der Waals surface area contributed by atoms with Gasteiger partial charge in [-0.25, -0.2) is 4.98 Å². The predicted molar refractivity (Wildman–Crippen MR) is 80.5 cm³/mol. The van der Waals surface area contributed by atoms with Gasteiger partial charge in [-0.2, -0.15) is 0 Å². The molecule has 0 aliphatic heterocycles. The normalized spacial score (nSPS) is 10.8. The van der Waals surface area contributed by atoms with E-state index in [-0.39, 0.29) is 5.91 Å². The van der Waals surface area contributed by atoms with Crippen LogP contribution in [0.15, 0.2) is 24.3 Å². The molecular weight excluding hydrogens is 256 g/mol. The first-order valence-corrected chi connectivity index (χ1v) is 7.72. The zero-order valence-electron chi connectivity index (χ0n) is 11.3. The molecule has 1 heterocycles. The Hall–Kier alpha value is -1.42. The van der Waals surface area contributed by atoms with E-state index in [4.69, 9.17) is 0 Å². The number of nitrogens with one attached hydrogen (secondary N) is 1. The van der Waals surface area contributed by atoms with Gasteiger partial charge in [0, 0.05) is 19.4 Å². The molecule has 19 heavy (non-hydrogen) atoms. The highest BCUT2D eigenvalue weighted by molar-refractivity contribution is 7.18. The monoisotopic (exact) mass is 276 g/mol. The topological polar surface area (TPSA) is 42.0 Å². The van der Waals surface area contributed by atoms with Gasteiger partial charge in [0.1, 0.15) is 0 Å². The molecule has 4 heteroatoms. The van der Waals surface area contributed by atoms with Crippen LogP contribution in [0.1, 0.15) is 37.6 Å². The molecule has 1 N–H and O–H groups in total. The van der Waals surface area contributed by atoms with Crippen LogP contribution in [0.3, 0.4) is 0 Å². The Morgan fingerprint density at radius 3 is 2.95 bits per heavy atom. The van der Waals surface area contributed by atoms with Crippen LogP contribution in [-0.2, 0) is 11.2 Å². The number of nitrogens with zero attached hydrogens (tertiary/aromatic N) is 1. The number of hydrogen-bond acceptors (Lipinski definition) is 3. The van der Waals surface area contributed by atoms with Crippen molar-refractivity contribution in [3.63, 3.8) is 0 Å². The average molecular weight is 276 g/mol. The number of rotatable bonds is 7. The van der Waals surface area contributed by atoms with E-state index in [2.05, 4.69) is 23.3 Å². The molecule has 1 amide bonds. The number of aromatic nitrogens is 1. The average Bonchev–Trinajstić information content (AvgIpc) is 2.81. The van der Waals surface area contributed by atoms with E-state index in [1.807, 2.05) is 18.2 Å². The fraction of sp³-hybridized carbons (Fsp3) is 0.467. The number of hydrogen-bond donors (Lipinski definition) is 1. The van der Waals surface area contributed by atoms with Gasteiger partial charge < -0.3 is 5.32 Å². The molecule has 0 saturated heterocycles. The lowest BCUT2D eigenvalue weighted by atomic mass is 10.2. The van der Waals surface area contributed by atoms with Gasteiger partial charge in [-0.1, -0.05) is 31.9 Å². The highest BCUT2D eigenvalue weighted by Crippen LogP contribution is 2.21. The van der Waals surface area contributed by atoms with E-state index >= 15 is 0 Å². The molecule has 0 spiro atoms. The summed E-state index contributed by atoms with van der Waals surface area (Å²) in [7, 11) is 0. The summed E-state index contributed by atoms with van der Waals surface area (Å²) in [5, 5.41) is 4.05. The Kier molecular flexibility index (Phi) is 5.33. The largest absolute Gasteiger partial charge is 0.356 e. The molecule has 0 atom stereocenters. The molecule has 2 rings (SSSR count). The van der Waals surface area contributed by atoms with E-state index < -0.39 is 0 Å². The minimum atomic E-state index is 0.162. The predicted octanol–water partition coefficient (Wildman–Crippen LogP) is 3.54. The summed E-state index contributed by atoms with van der Waals surface area (Å²) in [6.07, 6.45) is 4.74. The summed E-state index contributed by atoms with van der Waals surface area (Å²) in [6, 6.07) is 8.14. The molecule has 102 valence electrons. The van der Waals surface area contributed by atoms with Gasteiger partial charge in [-0.05, 0) is 18.6 Å². The maximum Gasteiger partial charge on any atom is 0.220 e. The molecule has 0 aliphatic rings. The zero-order chi connectivity index (χ0) is 13.5. The summed E-state index contributed by atoms with van der Waals surface area (Å²) in [5.74, 6) is 0.162. The van der Waals surface area contributed by atoms with Gasteiger partial charge in [0.25, 0.3) is 0 Å². The number of carbonyl (C=O) groups is 1. The smallest absolute Gasteiger partial charge is 0.220 e. The number of carbonyl (C=O) groups excluding carboxylic acids is 1. The number of amides is 1. The summed E-state index contributed by atoms with van der Waals surface area (Å²) in [4.78, 5) is 16.1. The zero-order valence-corrected chi connectivity index (χ0v) is 12.1. The van der Waals surface area contributed by atoms with Crippen LogP contribution in [0.2, 0.25) is 0 Å². The molecule has 2 aromatic rings. The maximum atomic E-state index is 11.6. The highest BCUT2D eigenvalue weighted by Gasteiger charge is 2.04. The van der Waals surface area contributed by atoms with Gasteiger partial charge in [-0.15, -0.1) is 11.3 Å². The second-order valence-electron chi connectivity index (χ2n) is 4.63. The SMILES string of the molecule is CCCCCC(=O)NCCc1nc2ccccc2s1. The third-order valence-electron chi connectivity index (χ3n) is 3.01. The second kappa shape index (κ2) is 7.24. The van der Waals surface area contributed by atoms with Gasteiger partial charge in [0.05, 0.1) is 15.2 Å². The molecule has 3 nitrogen and oxygen atoms in total. The lowest BCUT2D eigenvalue weighted by Crippen LogP contribution is -2.25. The first-order chi connectivity index (χ1) is 9.29. The van der Waals surface area contributed by atoms with Crippen LogP contribution in [-0.4, -0.2) is 17.4 Å². The quantitative estimate of drug-likeness (QED) is 0.786. The molecule has 0 bridgehead atoms. The lowest BCUT2D eigenvalue weighted by molar-refractivity contribution is -0.121. The van der Waals surface area contributed by atoms with Crippen LogP contribution < -0.4 is 5.32 Å². The summed E-state index contributed by atoms with van der Waals surface area (Å²) in [6.45, 7) is 2.83. The van der Waals surface area contributed by atoms with E-state index in [9.17, 15) is 4.79 Å². The van der Waals surface area contributed by atoms with Crippen molar-refractivity contribution in [1.29, 1.82) is 0 Å². The Labute approximate surface area is 118 Å². The minimum absolute atomic E-state index is 0.162. The number of thiazole rings is 1. The highest BCUT2D eigenvalue weighted by atomic mass is 32.1. The van der Waals surface area contributed by atoms with Gasteiger partial charge in [-0.3, -0.25) is 4.79 Å². The summed E-state index contributed by atoms with van der Waals surface area (Å²) >= 11 is 1.71. The van der Waals surface area contributed by atoms with Crippen molar-refractivity contribution in [2.24, 2.45) is 0 Å². The Balaban J connectivity index is 1.74. The van der Waals surface area contributed by atoms with Gasteiger partial charge in [0.2, 0.25) is 5.91 Å². The molecule has 0 unspecified atom stereocenters. The van der Waals surface area contributed by atoms with Crippen LogP contribution in [0, 0.1) is 0 Å². The van der Waals surface area contributed by atoms with Crippen LogP contribution in [0.5, 0.6) is 0 Å². The van der Waals surface area contributed by atoms with E-state index in [0.717, 1.165) is 36.2 Å². The van der Waals surface area contributed by atoms with Crippen molar-refractivity contribution in [3.8, 4) is 0 Å². The molecular formula is C15H20N2OS. The van der Waals surface area contributed by atoms with Gasteiger partial charge in [0.15, 0.2) is 0 Å². The number of para-hydroxylation sites is 1. The van der Waals surface area contributed by atoms with Crippen molar-refractivity contribution in [3.05, 3.63) is 29.3 Å². The molecule has 1 aromatic carbocycles. The molecule has 0 fully saturated rings. The second-order valence-corrected chi connectivity index (χ2v) is 5.75. The minimum Gasteiger partial charge on any atom is -0.356 e. The Morgan fingerprint density at radius 1 is 1.32 bits per heavy atom. The number of unbranched alkanes of at least 4 members (excludes halogenated alkanes) is 2. The standard InChI is InChI=1S/C15H20N2OS/c1-2-3-4-9-14(18)16-11-10-15-17-12-7-5-6-8-13(12)19-15/h5-8H,2-4,9-11H2,1H3,(H,16,18). The summed E-state index contributed by atoms with van der Waals surface area (Å²) in [5.41, 5.74) is 1.05. The van der Waals surface area contributed by atoms with Crippen molar-refractivity contribution in [1.82, 2.24) is 10.3 Å². The first-order valence-electron chi connectivity index (χ1n) is 6.90. The Morgan fingerprint density at radius 2 is 2.16 bits per heavy atom. The first kappa shape index (κ1) is 14.0.